The molecular weight excluding hydrogens is 292 g/mol. The molecule has 6 nitrogen and oxygen atoms in total. The van der Waals surface area contributed by atoms with E-state index < -0.39 is 0 Å². The van der Waals surface area contributed by atoms with Crippen LogP contribution in [0.15, 0.2) is 42.7 Å². The Balaban J connectivity index is 1.60. The highest BCUT2D eigenvalue weighted by Crippen LogP contribution is 2.27. The minimum atomic E-state index is -0.201. The number of benzene rings is 1. The molecule has 2 aromatic rings. The van der Waals surface area contributed by atoms with Crippen molar-refractivity contribution in [2.75, 3.05) is 6.61 Å². The fourth-order valence-electron chi connectivity index (χ4n) is 2.87. The lowest BCUT2D eigenvalue weighted by molar-refractivity contribution is 0.0907. The number of hydrogen-bond acceptors (Lipinski definition) is 3. The Bertz CT molecular complexity index is 656. The molecule has 1 fully saturated rings. The number of urea groups is 1. The number of hydrogen-bond donors (Lipinski definition) is 2. The van der Waals surface area contributed by atoms with Crippen LogP contribution in [0.25, 0.3) is 0 Å². The summed E-state index contributed by atoms with van der Waals surface area (Å²) in [5, 5.41) is 5.99. The summed E-state index contributed by atoms with van der Waals surface area (Å²) in [6.45, 7) is 2.59. The third-order valence-corrected chi connectivity index (χ3v) is 4.17. The molecule has 0 unspecified atom stereocenters. The van der Waals surface area contributed by atoms with Gasteiger partial charge in [-0.05, 0) is 18.9 Å². The lowest BCUT2D eigenvalue weighted by atomic mass is 10.1. The molecule has 3 atom stereocenters. The van der Waals surface area contributed by atoms with Crippen molar-refractivity contribution in [2.24, 2.45) is 7.05 Å². The van der Waals surface area contributed by atoms with Gasteiger partial charge in [0, 0.05) is 26.0 Å². The molecule has 1 aliphatic heterocycles. The fraction of sp³-hybridized carbons (Fsp3) is 0.412. The van der Waals surface area contributed by atoms with Crippen molar-refractivity contribution < 1.29 is 9.53 Å². The molecule has 122 valence electrons. The third kappa shape index (κ3) is 3.53. The second kappa shape index (κ2) is 6.83. The highest BCUT2D eigenvalue weighted by Gasteiger charge is 2.33. The Kier molecular flexibility index (Phi) is 4.62. The molecule has 1 saturated heterocycles. The van der Waals surface area contributed by atoms with Crippen LogP contribution in [-0.4, -0.2) is 28.2 Å². The largest absolute Gasteiger partial charge is 0.368 e. The molecule has 3 rings (SSSR count). The monoisotopic (exact) mass is 314 g/mol. The molecule has 2 N–H and O–H groups in total. The maximum absolute atomic E-state index is 12.3. The van der Waals surface area contributed by atoms with Crippen LogP contribution >= 0.6 is 0 Å². The van der Waals surface area contributed by atoms with Crippen LogP contribution in [0.1, 0.15) is 36.9 Å². The van der Waals surface area contributed by atoms with E-state index >= 15 is 0 Å². The van der Waals surface area contributed by atoms with E-state index in [9.17, 15) is 4.79 Å². The molecule has 1 aromatic carbocycles. The number of imidazole rings is 1. The normalized spacial score (nSPS) is 21.8. The number of aromatic nitrogens is 2. The number of carbonyl (C=O) groups is 1. The molecule has 1 aromatic heterocycles. The summed E-state index contributed by atoms with van der Waals surface area (Å²) in [5.74, 6) is 0.837. The zero-order chi connectivity index (χ0) is 16.2. The van der Waals surface area contributed by atoms with Crippen molar-refractivity contribution >= 4 is 6.03 Å². The number of amides is 2. The standard InChI is InChI=1S/C17H22N4O2/c1-12(13-6-4-3-5-7-13)19-17(22)20-14-8-11-23-15(14)16-18-9-10-21(16)2/h3-7,9-10,12,14-15H,8,11H2,1-2H3,(H2,19,20,22)/t12-,14+,15+/m1/s1. The van der Waals surface area contributed by atoms with Crippen LogP contribution in [0.4, 0.5) is 4.79 Å². The average Bonchev–Trinajstić information content (AvgIpc) is 3.16. The van der Waals surface area contributed by atoms with E-state index in [0.29, 0.717) is 6.61 Å². The van der Waals surface area contributed by atoms with E-state index in [4.69, 9.17) is 4.74 Å². The smallest absolute Gasteiger partial charge is 0.315 e. The lowest BCUT2D eigenvalue weighted by Gasteiger charge is -2.21. The quantitative estimate of drug-likeness (QED) is 0.910. The van der Waals surface area contributed by atoms with Gasteiger partial charge >= 0.3 is 6.03 Å². The van der Waals surface area contributed by atoms with Crippen molar-refractivity contribution in [3.8, 4) is 0 Å². The molecule has 0 saturated carbocycles. The first-order valence-electron chi connectivity index (χ1n) is 7.86. The Labute approximate surface area is 135 Å². The molecule has 23 heavy (non-hydrogen) atoms. The summed E-state index contributed by atoms with van der Waals surface area (Å²) in [6.07, 6.45) is 4.20. The molecule has 0 radical (unpaired) electrons. The first-order valence-corrected chi connectivity index (χ1v) is 7.86. The van der Waals surface area contributed by atoms with Gasteiger partial charge in [-0.2, -0.15) is 0 Å². The fourth-order valence-corrected chi connectivity index (χ4v) is 2.87. The zero-order valence-electron chi connectivity index (χ0n) is 13.4. The van der Waals surface area contributed by atoms with Crippen LogP contribution in [0.3, 0.4) is 0 Å². The van der Waals surface area contributed by atoms with Gasteiger partial charge in [-0.15, -0.1) is 0 Å². The van der Waals surface area contributed by atoms with E-state index in [2.05, 4.69) is 15.6 Å². The number of carbonyl (C=O) groups excluding carboxylic acids is 1. The highest BCUT2D eigenvalue weighted by molar-refractivity contribution is 5.74. The van der Waals surface area contributed by atoms with Gasteiger partial charge in [-0.1, -0.05) is 30.3 Å². The second-order valence-corrected chi connectivity index (χ2v) is 5.83. The second-order valence-electron chi connectivity index (χ2n) is 5.83. The zero-order valence-corrected chi connectivity index (χ0v) is 13.4. The van der Waals surface area contributed by atoms with Gasteiger partial charge in [0.15, 0.2) is 0 Å². The number of ether oxygens (including phenoxy) is 1. The SMILES string of the molecule is C[C@@H](NC(=O)N[C@H]1CCO[C@@H]1c1nccn1C)c1ccccc1. The van der Waals surface area contributed by atoms with Crippen LogP contribution in [-0.2, 0) is 11.8 Å². The topological polar surface area (TPSA) is 68.2 Å². The Morgan fingerprint density at radius 3 is 2.87 bits per heavy atom. The van der Waals surface area contributed by atoms with Gasteiger partial charge in [0.2, 0.25) is 0 Å². The van der Waals surface area contributed by atoms with Crippen molar-refractivity contribution in [3.63, 3.8) is 0 Å². The van der Waals surface area contributed by atoms with Crippen LogP contribution in [0.5, 0.6) is 0 Å². The Hall–Kier alpha value is -2.34. The maximum atomic E-state index is 12.3. The molecule has 0 bridgehead atoms. The van der Waals surface area contributed by atoms with Gasteiger partial charge in [-0.25, -0.2) is 9.78 Å². The van der Waals surface area contributed by atoms with Gasteiger partial charge in [0.1, 0.15) is 11.9 Å². The lowest BCUT2D eigenvalue weighted by Crippen LogP contribution is -2.44. The van der Waals surface area contributed by atoms with Gasteiger partial charge < -0.3 is 19.9 Å². The van der Waals surface area contributed by atoms with E-state index in [-0.39, 0.29) is 24.2 Å². The Morgan fingerprint density at radius 2 is 2.17 bits per heavy atom. The van der Waals surface area contributed by atoms with Crippen molar-refractivity contribution in [1.82, 2.24) is 20.2 Å². The number of nitrogens with one attached hydrogen (secondary N) is 2. The molecule has 0 spiro atoms. The first kappa shape index (κ1) is 15.6. The predicted molar refractivity (Wildman–Crippen MR) is 86.8 cm³/mol. The van der Waals surface area contributed by atoms with Crippen LogP contribution in [0, 0.1) is 0 Å². The third-order valence-electron chi connectivity index (χ3n) is 4.17. The van der Waals surface area contributed by atoms with Crippen LogP contribution < -0.4 is 10.6 Å². The average molecular weight is 314 g/mol. The summed E-state index contributed by atoms with van der Waals surface area (Å²) in [6, 6.07) is 9.59. The maximum Gasteiger partial charge on any atom is 0.315 e. The van der Waals surface area contributed by atoms with Gasteiger partial charge in [0.05, 0.1) is 12.1 Å². The first-order chi connectivity index (χ1) is 11.1. The molecule has 0 aliphatic carbocycles. The molecule has 2 amide bonds. The van der Waals surface area contributed by atoms with Gasteiger partial charge in [-0.3, -0.25) is 0 Å². The molecule has 6 heteroatoms. The van der Waals surface area contributed by atoms with E-state index in [1.54, 1.807) is 6.20 Å². The van der Waals surface area contributed by atoms with E-state index in [0.717, 1.165) is 17.8 Å². The number of rotatable bonds is 4. The van der Waals surface area contributed by atoms with Crippen molar-refractivity contribution in [3.05, 3.63) is 54.1 Å². The summed E-state index contributed by atoms with van der Waals surface area (Å²) < 4.78 is 7.68. The van der Waals surface area contributed by atoms with Gasteiger partial charge in [0.25, 0.3) is 0 Å². The number of aryl methyl sites for hydroxylation is 1. The summed E-state index contributed by atoms with van der Waals surface area (Å²) in [7, 11) is 1.93. The van der Waals surface area contributed by atoms with E-state index in [1.807, 2.05) is 55.1 Å². The van der Waals surface area contributed by atoms with Crippen molar-refractivity contribution in [1.29, 1.82) is 0 Å². The molecular formula is C17H22N4O2. The highest BCUT2D eigenvalue weighted by atomic mass is 16.5. The van der Waals surface area contributed by atoms with E-state index in [1.165, 1.54) is 0 Å². The molecule has 1 aliphatic rings. The summed E-state index contributed by atoms with van der Waals surface area (Å²) >= 11 is 0. The minimum absolute atomic E-state index is 0.0508. The minimum Gasteiger partial charge on any atom is -0.368 e. The summed E-state index contributed by atoms with van der Waals surface area (Å²) in [4.78, 5) is 16.6. The van der Waals surface area contributed by atoms with Crippen LogP contribution in [0.2, 0.25) is 0 Å². The molecule has 2 heterocycles. The Morgan fingerprint density at radius 1 is 1.39 bits per heavy atom. The summed E-state index contributed by atoms with van der Waals surface area (Å²) in [5.41, 5.74) is 1.07. The van der Waals surface area contributed by atoms with Crippen molar-refractivity contribution in [2.45, 2.75) is 31.5 Å². The number of nitrogens with zero attached hydrogens (tertiary/aromatic N) is 2. The predicted octanol–water partition coefficient (Wildman–Crippen LogP) is 2.31.